The summed E-state index contributed by atoms with van der Waals surface area (Å²) in [4.78, 5) is 15.7. The summed E-state index contributed by atoms with van der Waals surface area (Å²) in [6.45, 7) is 0.359. The lowest BCUT2D eigenvalue weighted by atomic mass is 10.2. The molecule has 98 valence electrons. The maximum Gasteiger partial charge on any atom is 0.254 e. The molecule has 0 saturated carbocycles. The van der Waals surface area contributed by atoms with Crippen molar-refractivity contribution in [1.82, 2.24) is 10.3 Å². The lowest BCUT2D eigenvalue weighted by Gasteiger charge is -2.07. The molecule has 1 N–H and O–H groups in total. The minimum Gasteiger partial charge on any atom is -0.348 e. The average Bonchev–Trinajstić information content (AvgIpc) is 2.36. The van der Waals surface area contributed by atoms with E-state index in [1.54, 1.807) is 12.1 Å². The number of carbonyl (C=O) groups is 1. The van der Waals surface area contributed by atoms with Crippen LogP contribution < -0.4 is 5.32 Å². The Balaban J connectivity index is 2.05. The number of nitrogens with zero attached hydrogens (tertiary/aromatic N) is 1. The van der Waals surface area contributed by atoms with Gasteiger partial charge in [-0.15, -0.1) is 0 Å². The van der Waals surface area contributed by atoms with E-state index >= 15 is 0 Å². The van der Waals surface area contributed by atoms with E-state index in [0.717, 1.165) is 5.56 Å². The highest BCUT2D eigenvalue weighted by Gasteiger charge is 2.11. The number of benzene rings is 1. The number of amides is 1. The number of hydrogen-bond donors (Lipinski definition) is 1. The zero-order valence-corrected chi connectivity index (χ0v) is 11.9. The van der Waals surface area contributed by atoms with Gasteiger partial charge in [0.2, 0.25) is 0 Å². The largest absolute Gasteiger partial charge is 0.348 e. The number of aromatic nitrogens is 1. The Morgan fingerprint density at radius 1 is 1.16 bits per heavy atom. The van der Waals surface area contributed by atoms with Crippen LogP contribution >= 0.6 is 34.8 Å². The van der Waals surface area contributed by atoms with Crippen LogP contribution in [-0.4, -0.2) is 10.9 Å². The number of halogens is 3. The maximum absolute atomic E-state index is 11.9. The predicted octanol–water partition coefficient (Wildman–Crippen LogP) is 3.97. The van der Waals surface area contributed by atoms with Crippen molar-refractivity contribution in [3.63, 3.8) is 0 Å². The highest BCUT2D eigenvalue weighted by atomic mass is 35.5. The molecule has 0 fully saturated rings. The molecule has 1 heterocycles. The molecule has 3 nitrogen and oxygen atoms in total. The van der Waals surface area contributed by atoms with E-state index in [2.05, 4.69) is 10.3 Å². The van der Waals surface area contributed by atoms with Gasteiger partial charge in [-0.1, -0.05) is 46.9 Å². The van der Waals surface area contributed by atoms with E-state index in [4.69, 9.17) is 34.8 Å². The van der Waals surface area contributed by atoms with Crippen molar-refractivity contribution in [1.29, 1.82) is 0 Å². The molecule has 0 spiro atoms. The molecule has 1 amide bonds. The van der Waals surface area contributed by atoms with Crippen LogP contribution in [0.15, 0.2) is 36.4 Å². The third-order valence-electron chi connectivity index (χ3n) is 2.40. The van der Waals surface area contributed by atoms with Gasteiger partial charge in [0, 0.05) is 11.6 Å². The molecule has 1 aromatic carbocycles. The first-order chi connectivity index (χ1) is 9.06. The van der Waals surface area contributed by atoms with E-state index in [1.807, 2.05) is 12.1 Å². The van der Waals surface area contributed by atoms with Gasteiger partial charge in [0.25, 0.3) is 5.91 Å². The molecule has 2 rings (SSSR count). The molecule has 0 aliphatic rings. The molecule has 0 atom stereocenters. The minimum absolute atomic E-state index is 0.0797. The highest BCUT2D eigenvalue weighted by Crippen LogP contribution is 2.17. The zero-order valence-electron chi connectivity index (χ0n) is 9.66. The number of pyridine rings is 1. The molecule has 0 saturated heterocycles. The van der Waals surface area contributed by atoms with Gasteiger partial charge in [-0.3, -0.25) is 4.79 Å². The molecule has 0 radical (unpaired) electrons. The van der Waals surface area contributed by atoms with Crippen molar-refractivity contribution in [3.05, 3.63) is 62.9 Å². The van der Waals surface area contributed by atoms with E-state index in [9.17, 15) is 4.79 Å². The Morgan fingerprint density at radius 3 is 2.63 bits per heavy atom. The molecular weight excluding hydrogens is 307 g/mol. The molecule has 0 unspecified atom stereocenters. The van der Waals surface area contributed by atoms with Crippen LogP contribution in [0.25, 0.3) is 0 Å². The van der Waals surface area contributed by atoms with Crippen molar-refractivity contribution in [2.75, 3.05) is 0 Å². The van der Waals surface area contributed by atoms with Crippen LogP contribution in [0.3, 0.4) is 0 Å². The smallest absolute Gasteiger partial charge is 0.254 e. The van der Waals surface area contributed by atoms with Crippen LogP contribution in [-0.2, 0) is 6.54 Å². The van der Waals surface area contributed by atoms with Gasteiger partial charge < -0.3 is 5.32 Å². The van der Waals surface area contributed by atoms with Crippen molar-refractivity contribution in [2.24, 2.45) is 0 Å². The van der Waals surface area contributed by atoms with E-state index in [-0.39, 0.29) is 21.8 Å². The Labute approximate surface area is 125 Å². The van der Waals surface area contributed by atoms with Gasteiger partial charge in [0.15, 0.2) is 0 Å². The number of carbonyl (C=O) groups excluding carboxylic acids is 1. The SMILES string of the molecule is O=C(NCc1cccc(Cl)c1)c1ccc(Cl)nc1Cl. The number of nitrogens with one attached hydrogen (secondary N) is 1. The monoisotopic (exact) mass is 314 g/mol. The van der Waals surface area contributed by atoms with Gasteiger partial charge in [0.1, 0.15) is 10.3 Å². The summed E-state index contributed by atoms with van der Waals surface area (Å²) >= 11 is 17.4. The quantitative estimate of drug-likeness (QED) is 0.871. The van der Waals surface area contributed by atoms with Crippen LogP contribution in [0.5, 0.6) is 0 Å². The summed E-state index contributed by atoms with van der Waals surface area (Å²) in [6, 6.07) is 10.3. The first-order valence-corrected chi connectivity index (χ1v) is 6.54. The first-order valence-electron chi connectivity index (χ1n) is 5.41. The minimum atomic E-state index is -0.311. The third-order valence-corrected chi connectivity index (χ3v) is 3.14. The Hall–Kier alpha value is -1.29. The van der Waals surface area contributed by atoms with E-state index < -0.39 is 0 Å². The lowest BCUT2D eigenvalue weighted by Crippen LogP contribution is -2.23. The molecular formula is C13H9Cl3N2O. The summed E-state index contributed by atoms with van der Waals surface area (Å²) in [5, 5.41) is 3.69. The summed E-state index contributed by atoms with van der Waals surface area (Å²) in [5.74, 6) is -0.311. The molecule has 0 bridgehead atoms. The second-order valence-electron chi connectivity index (χ2n) is 3.78. The van der Waals surface area contributed by atoms with Crippen molar-refractivity contribution >= 4 is 40.7 Å². The fourth-order valence-corrected chi connectivity index (χ4v) is 2.15. The second kappa shape index (κ2) is 6.24. The summed E-state index contributed by atoms with van der Waals surface area (Å²) in [6.07, 6.45) is 0. The van der Waals surface area contributed by atoms with Gasteiger partial charge in [-0.2, -0.15) is 0 Å². The number of rotatable bonds is 3. The van der Waals surface area contributed by atoms with Gasteiger partial charge in [-0.05, 0) is 29.8 Å². The Bertz CT molecular complexity index is 617. The van der Waals surface area contributed by atoms with Crippen LogP contribution in [0, 0.1) is 0 Å². The van der Waals surface area contributed by atoms with Gasteiger partial charge in [-0.25, -0.2) is 4.98 Å². The van der Waals surface area contributed by atoms with Crippen LogP contribution in [0.4, 0.5) is 0 Å². The molecule has 6 heteroatoms. The highest BCUT2D eigenvalue weighted by molar-refractivity contribution is 6.34. The van der Waals surface area contributed by atoms with Crippen LogP contribution in [0.1, 0.15) is 15.9 Å². The Kier molecular flexibility index (Phi) is 4.64. The lowest BCUT2D eigenvalue weighted by molar-refractivity contribution is 0.0950. The average molecular weight is 316 g/mol. The zero-order chi connectivity index (χ0) is 13.8. The molecule has 1 aromatic heterocycles. The molecule has 0 aliphatic carbocycles. The van der Waals surface area contributed by atoms with Crippen LogP contribution in [0.2, 0.25) is 15.3 Å². The fourth-order valence-electron chi connectivity index (χ4n) is 1.51. The van der Waals surface area contributed by atoms with Gasteiger partial charge >= 0.3 is 0 Å². The van der Waals surface area contributed by atoms with Crippen molar-refractivity contribution in [2.45, 2.75) is 6.54 Å². The van der Waals surface area contributed by atoms with Gasteiger partial charge in [0.05, 0.1) is 5.56 Å². The fraction of sp³-hybridized carbons (Fsp3) is 0.0769. The second-order valence-corrected chi connectivity index (χ2v) is 4.97. The molecule has 0 aliphatic heterocycles. The summed E-state index contributed by atoms with van der Waals surface area (Å²) in [5.41, 5.74) is 1.19. The maximum atomic E-state index is 11.9. The third kappa shape index (κ3) is 3.83. The van der Waals surface area contributed by atoms with E-state index in [1.165, 1.54) is 12.1 Å². The van der Waals surface area contributed by atoms with Crippen molar-refractivity contribution < 1.29 is 4.79 Å². The van der Waals surface area contributed by atoms with Crippen molar-refractivity contribution in [3.8, 4) is 0 Å². The first kappa shape index (κ1) is 14.1. The Morgan fingerprint density at radius 2 is 1.95 bits per heavy atom. The topological polar surface area (TPSA) is 42.0 Å². The molecule has 2 aromatic rings. The summed E-state index contributed by atoms with van der Waals surface area (Å²) < 4.78 is 0. The standard InChI is InChI=1S/C13H9Cl3N2O/c14-9-3-1-2-8(6-9)7-17-13(19)10-4-5-11(15)18-12(10)16/h1-6H,7H2,(H,17,19). The number of hydrogen-bond acceptors (Lipinski definition) is 2. The predicted molar refractivity (Wildman–Crippen MR) is 76.9 cm³/mol. The summed E-state index contributed by atoms with van der Waals surface area (Å²) in [7, 11) is 0. The molecule has 19 heavy (non-hydrogen) atoms. The normalized spacial score (nSPS) is 10.3. The van der Waals surface area contributed by atoms with E-state index in [0.29, 0.717) is 11.6 Å².